The predicted molar refractivity (Wildman–Crippen MR) is 90.9 cm³/mol. The molecule has 0 aliphatic heterocycles. The minimum Gasteiger partial charge on any atom is -0.268 e. The molecule has 1 N–H and O–H groups in total. The van der Waals surface area contributed by atoms with E-state index in [1.54, 1.807) is 19.1 Å². The average Bonchev–Trinajstić information content (AvgIpc) is 2.46. The molecule has 0 atom stereocenters. The van der Waals surface area contributed by atoms with Crippen LogP contribution in [0.4, 0.5) is 4.39 Å². The van der Waals surface area contributed by atoms with Gasteiger partial charge in [-0.05, 0) is 41.7 Å². The van der Waals surface area contributed by atoms with E-state index in [1.165, 1.54) is 18.2 Å². The van der Waals surface area contributed by atoms with Crippen molar-refractivity contribution in [1.29, 1.82) is 0 Å². The zero-order valence-corrected chi connectivity index (χ0v) is 14.9. The van der Waals surface area contributed by atoms with Crippen molar-refractivity contribution in [2.75, 3.05) is 0 Å². The maximum Gasteiger partial charge on any atom is 0.267 e. The first-order valence-corrected chi connectivity index (χ1v) is 8.93. The number of sulfonamides is 1. The van der Waals surface area contributed by atoms with E-state index in [1.807, 2.05) is 31.6 Å². The van der Waals surface area contributed by atoms with E-state index in [0.29, 0.717) is 5.56 Å². The van der Waals surface area contributed by atoms with Gasteiger partial charge in [0.2, 0.25) is 0 Å². The molecule has 0 heterocycles. The summed E-state index contributed by atoms with van der Waals surface area (Å²) in [5, 5.41) is 0. The summed E-state index contributed by atoms with van der Waals surface area (Å²) in [4.78, 5) is 12.1. The second-order valence-electron chi connectivity index (χ2n) is 6.64. The molecule has 2 aromatic rings. The third-order valence-corrected chi connectivity index (χ3v) is 5.16. The molecule has 0 aliphatic rings. The van der Waals surface area contributed by atoms with Gasteiger partial charge >= 0.3 is 0 Å². The molecule has 1 amide bonds. The SMILES string of the molecule is Cc1ccc(C(C)(C)C)cc1S(=O)(=O)NC(=O)c1ccccc1F. The lowest BCUT2D eigenvalue weighted by atomic mass is 9.87. The molecule has 128 valence electrons. The number of hydrogen-bond acceptors (Lipinski definition) is 3. The van der Waals surface area contributed by atoms with Gasteiger partial charge in [0.1, 0.15) is 5.82 Å². The first-order chi connectivity index (χ1) is 11.0. The highest BCUT2D eigenvalue weighted by molar-refractivity contribution is 7.90. The maximum atomic E-state index is 13.7. The zero-order valence-electron chi connectivity index (χ0n) is 14.1. The van der Waals surface area contributed by atoms with Crippen LogP contribution in [0, 0.1) is 12.7 Å². The van der Waals surface area contributed by atoms with E-state index in [9.17, 15) is 17.6 Å². The van der Waals surface area contributed by atoms with E-state index < -0.39 is 21.7 Å². The summed E-state index contributed by atoms with van der Waals surface area (Å²) in [6, 6.07) is 10.3. The topological polar surface area (TPSA) is 63.2 Å². The molecule has 2 rings (SSSR count). The van der Waals surface area contributed by atoms with Gasteiger partial charge in [-0.2, -0.15) is 0 Å². The molecule has 0 fully saturated rings. The second kappa shape index (κ2) is 6.36. The van der Waals surface area contributed by atoms with Crippen LogP contribution in [-0.4, -0.2) is 14.3 Å². The van der Waals surface area contributed by atoms with Crippen molar-refractivity contribution in [2.45, 2.75) is 38.0 Å². The van der Waals surface area contributed by atoms with Crippen LogP contribution in [-0.2, 0) is 15.4 Å². The number of rotatable bonds is 3. The van der Waals surface area contributed by atoms with Gasteiger partial charge in [0.25, 0.3) is 15.9 Å². The van der Waals surface area contributed by atoms with Gasteiger partial charge in [-0.25, -0.2) is 17.5 Å². The number of hydrogen-bond donors (Lipinski definition) is 1. The lowest BCUT2D eigenvalue weighted by Gasteiger charge is -2.20. The fourth-order valence-electron chi connectivity index (χ4n) is 2.23. The van der Waals surface area contributed by atoms with Crippen molar-refractivity contribution in [2.24, 2.45) is 0 Å². The maximum absolute atomic E-state index is 13.7. The van der Waals surface area contributed by atoms with Crippen LogP contribution in [0.2, 0.25) is 0 Å². The van der Waals surface area contributed by atoms with Crippen LogP contribution in [0.5, 0.6) is 0 Å². The van der Waals surface area contributed by atoms with Crippen LogP contribution >= 0.6 is 0 Å². The fraction of sp³-hybridized carbons (Fsp3) is 0.278. The first kappa shape index (κ1) is 18.1. The highest BCUT2D eigenvalue weighted by Gasteiger charge is 2.24. The molecule has 6 heteroatoms. The summed E-state index contributed by atoms with van der Waals surface area (Å²) in [6.45, 7) is 7.54. The van der Waals surface area contributed by atoms with E-state index in [-0.39, 0.29) is 15.9 Å². The summed E-state index contributed by atoms with van der Waals surface area (Å²) < 4.78 is 40.7. The van der Waals surface area contributed by atoms with Crippen LogP contribution in [0.15, 0.2) is 47.4 Å². The van der Waals surface area contributed by atoms with Crippen molar-refractivity contribution < 1.29 is 17.6 Å². The van der Waals surface area contributed by atoms with Gasteiger partial charge < -0.3 is 0 Å². The van der Waals surface area contributed by atoms with Gasteiger partial charge in [-0.15, -0.1) is 0 Å². The molecule has 0 saturated carbocycles. The first-order valence-electron chi connectivity index (χ1n) is 7.45. The third kappa shape index (κ3) is 3.82. The van der Waals surface area contributed by atoms with Crippen molar-refractivity contribution >= 4 is 15.9 Å². The Kier molecular flexibility index (Phi) is 4.80. The Labute approximate surface area is 141 Å². The number of nitrogens with one attached hydrogen (secondary N) is 1. The van der Waals surface area contributed by atoms with Crippen molar-refractivity contribution in [3.8, 4) is 0 Å². The van der Waals surface area contributed by atoms with Gasteiger partial charge in [-0.1, -0.05) is 45.0 Å². The molecule has 0 radical (unpaired) electrons. The Morgan fingerprint density at radius 3 is 2.29 bits per heavy atom. The molecular formula is C18H20FNO3S. The molecule has 24 heavy (non-hydrogen) atoms. The van der Waals surface area contributed by atoms with Crippen molar-refractivity contribution in [3.63, 3.8) is 0 Å². The Hall–Kier alpha value is -2.21. The number of halogens is 1. The number of benzene rings is 2. The summed E-state index contributed by atoms with van der Waals surface area (Å²) in [5.74, 6) is -1.76. The minimum absolute atomic E-state index is 0.0135. The number of carbonyl (C=O) groups excluding carboxylic acids is 1. The fourth-order valence-corrected chi connectivity index (χ4v) is 3.47. The lowest BCUT2D eigenvalue weighted by molar-refractivity contribution is 0.0977. The largest absolute Gasteiger partial charge is 0.268 e. The Bertz CT molecular complexity index is 883. The summed E-state index contributed by atoms with van der Waals surface area (Å²) in [7, 11) is -4.10. The van der Waals surface area contributed by atoms with Crippen LogP contribution < -0.4 is 4.72 Å². The van der Waals surface area contributed by atoms with E-state index in [0.717, 1.165) is 11.6 Å². The van der Waals surface area contributed by atoms with E-state index >= 15 is 0 Å². The summed E-state index contributed by atoms with van der Waals surface area (Å²) in [6.07, 6.45) is 0. The predicted octanol–water partition coefficient (Wildman–Crippen LogP) is 3.55. The van der Waals surface area contributed by atoms with Crippen LogP contribution in [0.1, 0.15) is 42.3 Å². The second-order valence-corrected chi connectivity index (χ2v) is 8.30. The summed E-state index contributed by atoms with van der Waals surface area (Å²) in [5.41, 5.74) is 0.780. The molecule has 0 aliphatic carbocycles. The Morgan fingerprint density at radius 1 is 1.08 bits per heavy atom. The molecule has 2 aromatic carbocycles. The average molecular weight is 349 g/mol. The van der Waals surface area contributed by atoms with Gasteiger partial charge in [0, 0.05) is 0 Å². The zero-order chi connectivity index (χ0) is 18.1. The third-order valence-electron chi connectivity index (χ3n) is 3.69. The molecule has 0 spiro atoms. The van der Waals surface area contributed by atoms with Gasteiger partial charge in [0.05, 0.1) is 10.5 Å². The molecule has 0 aromatic heterocycles. The smallest absolute Gasteiger partial charge is 0.267 e. The highest BCUT2D eigenvalue weighted by Crippen LogP contribution is 2.26. The highest BCUT2D eigenvalue weighted by atomic mass is 32.2. The summed E-state index contributed by atoms with van der Waals surface area (Å²) >= 11 is 0. The van der Waals surface area contributed by atoms with Gasteiger partial charge in [-0.3, -0.25) is 4.79 Å². The number of amides is 1. The number of carbonyl (C=O) groups is 1. The van der Waals surface area contributed by atoms with Crippen LogP contribution in [0.25, 0.3) is 0 Å². The van der Waals surface area contributed by atoms with E-state index in [2.05, 4.69) is 0 Å². The Balaban J connectivity index is 2.41. The standard InChI is InChI=1S/C18H20FNO3S/c1-12-9-10-13(18(2,3)4)11-16(12)24(22,23)20-17(21)14-7-5-6-8-15(14)19/h5-11H,1-4H3,(H,20,21). The monoisotopic (exact) mass is 349 g/mol. The minimum atomic E-state index is -4.10. The molecule has 0 saturated heterocycles. The molecular weight excluding hydrogens is 329 g/mol. The van der Waals surface area contributed by atoms with Crippen molar-refractivity contribution in [1.82, 2.24) is 4.72 Å². The number of aryl methyl sites for hydroxylation is 1. The molecule has 4 nitrogen and oxygen atoms in total. The molecule has 0 bridgehead atoms. The molecule has 0 unspecified atom stereocenters. The van der Waals surface area contributed by atoms with Crippen molar-refractivity contribution in [3.05, 3.63) is 65.0 Å². The quantitative estimate of drug-likeness (QED) is 0.922. The normalized spacial score (nSPS) is 12.0. The van der Waals surface area contributed by atoms with Gasteiger partial charge in [0.15, 0.2) is 0 Å². The lowest BCUT2D eigenvalue weighted by Crippen LogP contribution is -2.32. The Morgan fingerprint density at radius 2 is 1.71 bits per heavy atom. The van der Waals surface area contributed by atoms with E-state index in [4.69, 9.17) is 0 Å². The van der Waals surface area contributed by atoms with Crippen LogP contribution in [0.3, 0.4) is 0 Å².